The zero-order valence-electron chi connectivity index (χ0n) is 6.16. The van der Waals surface area contributed by atoms with Crippen LogP contribution in [0.4, 0.5) is 0 Å². The third-order valence-corrected chi connectivity index (χ3v) is 1.75. The number of hydrogen-bond donors (Lipinski definition) is 2. The van der Waals surface area contributed by atoms with Gasteiger partial charge in [-0.1, -0.05) is 0 Å². The first-order valence-corrected chi connectivity index (χ1v) is 3.69. The van der Waals surface area contributed by atoms with E-state index in [-0.39, 0.29) is 11.6 Å². The summed E-state index contributed by atoms with van der Waals surface area (Å²) in [6.45, 7) is 0. The van der Waals surface area contributed by atoms with Crippen molar-refractivity contribution in [3.8, 4) is 0 Å². The third kappa shape index (κ3) is 1.99. The zero-order chi connectivity index (χ0) is 9.14. The molecule has 1 aromatic heterocycles. The Kier molecular flexibility index (Phi) is 2.73. The van der Waals surface area contributed by atoms with Gasteiger partial charge in [-0.15, -0.1) is 0 Å². The first kappa shape index (κ1) is 9.09. The van der Waals surface area contributed by atoms with Crippen molar-refractivity contribution >= 4 is 17.6 Å². The van der Waals surface area contributed by atoms with E-state index in [1.807, 2.05) is 0 Å². The van der Waals surface area contributed by atoms with Crippen molar-refractivity contribution in [3.63, 3.8) is 0 Å². The second-order valence-corrected chi connectivity index (χ2v) is 2.70. The van der Waals surface area contributed by atoms with Gasteiger partial charge in [-0.25, -0.2) is 0 Å². The van der Waals surface area contributed by atoms with E-state index >= 15 is 0 Å². The number of aliphatic carboxylic acids is 1. The van der Waals surface area contributed by atoms with Gasteiger partial charge in [0.1, 0.15) is 0 Å². The van der Waals surface area contributed by atoms with Gasteiger partial charge >= 0.3 is 5.97 Å². The highest BCUT2D eigenvalue weighted by Gasteiger charge is 2.15. The molecule has 0 aliphatic rings. The van der Waals surface area contributed by atoms with E-state index in [1.54, 1.807) is 6.07 Å². The van der Waals surface area contributed by atoms with E-state index in [0.717, 1.165) is 0 Å². The van der Waals surface area contributed by atoms with Gasteiger partial charge < -0.3 is 15.3 Å². The molecule has 1 rings (SSSR count). The zero-order valence-corrected chi connectivity index (χ0v) is 6.91. The van der Waals surface area contributed by atoms with Crippen molar-refractivity contribution in [3.05, 3.63) is 23.1 Å². The Balaban J connectivity index is 2.71. The summed E-state index contributed by atoms with van der Waals surface area (Å²) >= 11 is 5.58. The maximum Gasteiger partial charge on any atom is 0.305 e. The molecule has 0 amide bonds. The number of halogens is 1. The van der Waals surface area contributed by atoms with Crippen LogP contribution in [0.3, 0.4) is 0 Å². The summed E-state index contributed by atoms with van der Waals surface area (Å²) in [6, 6.07) is 0.962. The molecule has 4 nitrogen and oxygen atoms in total. The molecule has 0 bridgehead atoms. The highest BCUT2D eigenvalue weighted by Crippen LogP contribution is 2.24. The molecule has 0 aliphatic heterocycles. The normalized spacial score (nSPS) is 12.8. The fraction of sp³-hybridized carbons (Fsp3) is 0.286. The Morgan fingerprint density at radius 3 is 2.92 bits per heavy atom. The summed E-state index contributed by atoms with van der Waals surface area (Å²) < 4.78 is 4.76. The number of hydrogen-bond acceptors (Lipinski definition) is 3. The first-order chi connectivity index (χ1) is 5.61. The van der Waals surface area contributed by atoms with Crippen LogP contribution < -0.4 is 5.73 Å². The fourth-order valence-electron chi connectivity index (χ4n) is 0.868. The topological polar surface area (TPSA) is 76.5 Å². The summed E-state index contributed by atoms with van der Waals surface area (Å²) in [4.78, 5) is 10.3. The van der Waals surface area contributed by atoms with Gasteiger partial charge in [0.05, 0.1) is 12.7 Å². The van der Waals surface area contributed by atoms with E-state index in [2.05, 4.69) is 0 Å². The molecule has 0 saturated heterocycles. The molecule has 0 radical (unpaired) electrons. The maximum absolute atomic E-state index is 10.3. The quantitative estimate of drug-likeness (QED) is 0.754. The lowest BCUT2D eigenvalue weighted by Gasteiger charge is -2.05. The third-order valence-electron chi connectivity index (χ3n) is 1.44. The van der Waals surface area contributed by atoms with Gasteiger partial charge in [-0.2, -0.15) is 0 Å². The standard InChI is InChI=1S/C7H8ClNO3/c8-7-4(1-2-12-7)5(9)3-6(10)11/h1-2,5H,3,9H2,(H,10,11)/t5-/m1/s1. The lowest BCUT2D eigenvalue weighted by molar-refractivity contribution is -0.137. The van der Waals surface area contributed by atoms with Crippen LogP contribution in [0, 0.1) is 0 Å². The molecule has 66 valence electrons. The molecule has 12 heavy (non-hydrogen) atoms. The minimum Gasteiger partial charge on any atom is -0.481 e. The number of furan rings is 1. The average Bonchev–Trinajstić information content (AvgIpc) is 2.33. The Hall–Kier alpha value is -1.00. The Bertz CT molecular complexity index is 284. The number of carboxylic acid groups (broad SMARTS) is 1. The lowest BCUT2D eigenvalue weighted by atomic mass is 10.1. The Labute approximate surface area is 73.9 Å². The minimum atomic E-state index is -0.959. The van der Waals surface area contributed by atoms with E-state index in [4.69, 9.17) is 26.9 Å². The molecular formula is C7H8ClNO3. The van der Waals surface area contributed by atoms with Crippen molar-refractivity contribution in [1.29, 1.82) is 0 Å². The van der Waals surface area contributed by atoms with Crippen molar-refractivity contribution < 1.29 is 14.3 Å². The molecule has 0 aliphatic carbocycles. The number of rotatable bonds is 3. The van der Waals surface area contributed by atoms with Gasteiger partial charge in [0.2, 0.25) is 0 Å². The molecule has 0 spiro atoms. The summed E-state index contributed by atoms with van der Waals surface area (Å²) in [7, 11) is 0. The van der Waals surface area contributed by atoms with Gasteiger partial charge in [0.15, 0.2) is 5.22 Å². The summed E-state index contributed by atoms with van der Waals surface area (Å²) in [6.07, 6.45) is 1.22. The van der Waals surface area contributed by atoms with Crippen LogP contribution in [0.5, 0.6) is 0 Å². The molecule has 0 fully saturated rings. The molecule has 1 heterocycles. The highest BCUT2D eigenvalue weighted by atomic mass is 35.5. The van der Waals surface area contributed by atoms with E-state index in [1.165, 1.54) is 6.26 Å². The van der Waals surface area contributed by atoms with Crippen LogP contribution in [0.2, 0.25) is 5.22 Å². The smallest absolute Gasteiger partial charge is 0.305 e. The van der Waals surface area contributed by atoms with Gasteiger partial charge in [-0.3, -0.25) is 4.79 Å². The summed E-state index contributed by atoms with van der Waals surface area (Å²) in [5, 5.41) is 8.58. The number of carbonyl (C=O) groups is 1. The lowest BCUT2D eigenvalue weighted by Crippen LogP contribution is -2.14. The highest BCUT2D eigenvalue weighted by molar-refractivity contribution is 6.29. The Morgan fingerprint density at radius 2 is 2.50 bits per heavy atom. The van der Waals surface area contributed by atoms with E-state index in [0.29, 0.717) is 5.56 Å². The monoisotopic (exact) mass is 189 g/mol. The molecule has 1 aromatic rings. The van der Waals surface area contributed by atoms with Crippen LogP contribution in [-0.2, 0) is 4.79 Å². The number of carboxylic acids is 1. The van der Waals surface area contributed by atoms with Crippen molar-refractivity contribution in [2.75, 3.05) is 0 Å². The first-order valence-electron chi connectivity index (χ1n) is 3.31. The fourth-order valence-corrected chi connectivity index (χ4v) is 1.12. The van der Waals surface area contributed by atoms with Crippen LogP contribution in [-0.4, -0.2) is 11.1 Å². The minimum absolute atomic E-state index is 0.154. The molecule has 1 atom stereocenters. The van der Waals surface area contributed by atoms with Crippen LogP contribution >= 0.6 is 11.6 Å². The predicted octanol–water partition coefficient (Wildman–Crippen LogP) is 1.41. The largest absolute Gasteiger partial charge is 0.481 e. The van der Waals surface area contributed by atoms with Crippen molar-refractivity contribution in [2.24, 2.45) is 5.73 Å². The van der Waals surface area contributed by atoms with Crippen LogP contribution in [0.1, 0.15) is 18.0 Å². The second-order valence-electron chi connectivity index (χ2n) is 2.35. The summed E-state index contributed by atoms with van der Waals surface area (Å²) in [5.41, 5.74) is 6.04. The SMILES string of the molecule is N[C@H](CC(=O)O)c1ccoc1Cl. The van der Waals surface area contributed by atoms with Gasteiger partial charge in [0, 0.05) is 11.6 Å². The van der Waals surface area contributed by atoms with Crippen molar-refractivity contribution in [2.45, 2.75) is 12.5 Å². The molecule has 3 N–H and O–H groups in total. The van der Waals surface area contributed by atoms with E-state index in [9.17, 15) is 4.79 Å². The van der Waals surface area contributed by atoms with Crippen LogP contribution in [0.15, 0.2) is 16.7 Å². The van der Waals surface area contributed by atoms with Gasteiger partial charge in [-0.05, 0) is 17.7 Å². The number of nitrogens with two attached hydrogens (primary N) is 1. The molecular weight excluding hydrogens is 182 g/mol. The molecule has 0 aromatic carbocycles. The van der Waals surface area contributed by atoms with Crippen LogP contribution in [0.25, 0.3) is 0 Å². The summed E-state index contributed by atoms with van der Waals surface area (Å²) in [5.74, 6) is -0.959. The predicted molar refractivity (Wildman–Crippen MR) is 42.9 cm³/mol. The molecule has 5 heteroatoms. The Morgan fingerprint density at radius 1 is 1.83 bits per heavy atom. The molecule has 0 saturated carbocycles. The molecule has 0 unspecified atom stereocenters. The average molecular weight is 190 g/mol. The van der Waals surface area contributed by atoms with E-state index < -0.39 is 12.0 Å². The van der Waals surface area contributed by atoms with Crippen molar-refractivity contribution in [1.82, 2.24) is 0 Å². The van der Waals surface area contributed by atoms with Gasteiger partial charge in [0.25, 0.3) is 0 Å². The maximum atomic E-state index is 10.3. The second kappa shape index (κ2) is 3.60.